The molecule has 128 valence electrons. The number of hydrogen-bond acceptors (Lipinski definition) is 4. The Morgan fingerprint density at radius 3 is 2.44 bits per heavy atom. The highest BCUT2D eigenvalue weighted by atomic mass is 16.5. The normalized spacial score (nSPS) is 23.8. The maximum Gasteiger partial charge on any atom is 0.119 e. The third kappa shape index (κ3) is 3.26. The summed E-state index contributed by atoms with van der Waals surface area (Å²) in [6, 6.07) is 17.8. The molecule has 1 heterocycles. The molecule has 1 fully saturated rings. The molecule has 2 aliphatic rings. The van der Waals surface area contributed by atoms with Crippen molar-refractivity contribution in [3.05, 3.63) is 65.2 Å². The van der Waals surface area contributed by atoms with Crippen molar-refractivity contribution in [2.24, 2.45) is 0 Å². The molecule has 1 aliphatic heterocycles. The first-order valence-electron chi connectivity index (χ1n) is 8.91. The van der Waals surface area contributed by atoms with E-state index in [9.17, 15) is 5.11 Å². The summed E-state index contributed by atoms with van der Waals surface area (Å²) in [5.74, 6) is 0.825. The predicted molar refractivity (Wildman–Crippen MR) is 95.3 cm³/mol. The van der Waals surface area contributed by atoms with Crippen molar-refractivity contribution in [1.82, 2.24) is 4.90 Å². The van der Waals surface area contributed by atoms with Crippen LogP contribution in [-0.4, -0.2) is 35.2 Å². The zero-order chi connectivity index (χ0) is 17.2. The Bertz CT molecular complexity index is 773. The van der Waals surface area contributed by atoms with Crippen LogP contribution in [-0.2, 0) is 6.42 Å². The van der Waals surface area contributed by atoms with Gasteiger partial charge in [-0.25, -0.2) is 0 Å². The maximum atomic E-state index is 10.6. The molecular weight excluding hydrogens is 312 g/mol. The van der Waals surface area contributed by atoms with Gasteiger partial charge < -0.3 is 9.84 Å². The molecule has 0 radical (unpaired) electrons. The van der Waals surface area contributed by atoms with E-state index in [0.29, 0.717) is 5.56 Å². The molecule has 0 spiro atoms. The summed E-state index contributed by atoms with van der Waals surface area (Å²) in [6.07, 6.45) is 2.66. The van der Waals surface area contributed by atoms with Gasteiger partial charge in [0.05, 0.1) is 17.7 Å². The molecule has 2 aromatic rings. The first-order valence-corrected chi connectivity index (χ1v) is 8.91. The Balaban J connectivity index is 1.34. The molecule has 25 heavy (non-hydrogen) atoms. The summed E-state index contributed by atoms with van der Waals surface area (Å²) < 4.78 is 6.06. The number of nitriles is 1. The topological polar surface area (TPSA) is 56.5 Å². The van der Waals surface area contributed by atoms with Gasteiger partial charge in [0, 0.05) is 19.1 Å². The molecule has 4 heteroatoms. The number of aliphatic hydroxyl groups excluding tert-OH is 1. The number of fused-ring (bicyclic) bond motifs is 1. The van der Waals surface area contributed by atoms with Gasteiger partial charge in [-0.3, -0.25) is 4.90 Å². The molecule has 0 saturated carbocycles. The average molecular weight is 334 g/mol. The number of piperidine rings is 1. The second kappa shape index (κ2) is 6.87. The number of likely N-dealkylation sites (tertiary alicyclic amines) is 1. The average Bonchev–Trinajstić information content (AvgIpc) is 3.00. The van der Waals surface area contributed by atoms with Crippen molar-refractivity contribution in [3.63, 3.8) is 0 Å². The highest BCUT2D eigenvalue weighted by Gasteiger charge is 2.36. The Labute approximate surface area is 148 Å². The number of rotatable bonds is 3. The van der Waals surface area contributed by atoms with Crippen molar-refractivity contribution in [1.29, 1.82) is 5.26 Å². The van der Waals surface area contributed by atoms with Crippen LogP contribution >= 0.6 is 0 Å². The van der Waals surface area contributed by atoms with Crippen molar-refractivity contribution in [2.45, 2.75) is 37.5 Å². The second-order valence-corrected chi connectivity index (χ2v) is 6.90. The lowest BCUT2D eigenvalue weighted by Gasteiger charge is -2.37. The van der Waals surface area contributed by atoms with Gasteiger partial charge in [-0.05, 0) is 54.7 Å². The van der Waals surface area contributed by atoms with Gasteiger partial charge in [0.25, 0.3) is 0 Å². The summed E-state index contributed by atoms with van der Waals surface area (Å²) in [5.41, 5.74) is 3.01. The van der Waals surface area contributed by atoms with Crippen LogP contribution in [0.1, 0.15) is 35.6 Å². The number of aliphatic hydroxyl groups is 1. The molecule has 4 nitrogen and oxygen atoms in total. The molecule has 0 amide bonds. The van der Waals surface area contributed by atoms with Crippen molar-refractivity contribution in [2.75, 3.05) is 13.1 Å². The molecule has 0 aromatic heterocycles. The fourth-order valence-corrected chi connectivity index (χ4v) is 4.01. The molecule has 2 atom stereocenters. The summed E-state index contributed by atoms with van der Waals surface area (Å²) in [6.45, 7) is 1.88. The van der Waals surface area contributed by atoms with Gasteiger partial charge >= 0.3 is 0 Å². The number of benzene rings is 2. The lowest BCUT2D eigenvalue weighted by Crippen LogP contribution is -2.45. The molecule has 1 saturated heterocycles. The summed E-state index contributed by atoms with van der Waals surface area (Å²) >= 11 is 0. The Kier molecular flexibility index (Phi) is 4.44. The minimum Gasteiger partial charge on any atom is -0.490 e. The molecule has 2 aromatic carbocycles. The SMILES string of the molecule is N#Cc1ccc(OC2CCN([C@H]3Cc4ccccc4[C@H]3O)CC2)cc1. The van der Waals surface area contributed by atoms with Gasteiger partial charge in [-0.2, -0.15) is 5.26 Å². The standard InChI is InChI=1S/C21H22N2O2/c22-14-15-5-7-17(8-6-15)25-18-9-11-23(12-10-18)20-13-16-3-1-2-4-19(16)21(20)24/h1-8,18,20-21,24H,9-13H2/t20-,21+/m0/s1. The quantitative estimate of drug-likeness (QED) is 0.937. The molecule has 0 unspecified atom stereocenters. The zero-order valence-electron chi connectivity index (χ0n) is 14.1. The van der Waals surface area contributed by atoms with Crippen molar-refractivity contribution < 1.29 is 9.84 Å². The number of hydrogen-bond donors (Lipinski definition) is 1. The third-order valence-corrected chi connectivity index (χ3v) is 5.40. The van der Waals surface area contributed by atoms with Crippen LogP contribution in [0.3, 0.4) is 0 Å². The number of ether oxygens (including phenoxy) is 1. The zero-order valence-corrected chi connectivity index (χ0v) is 14.1. The Morgan fingerprint density at radius 1 is 1.04 bits per heavy atom. The van der Waals surface area contributed by atoms with Crippen LogP contribution in [0.4, 0.5) is 0 Å². The largest absolute Gasteiger partial charge is 0.490 e. The van der Waals surface area contributed by atoms with Gasteiger partial charge in [-0.15, -0.1) is 0 Å². The maximum absolute atomic E-state index is 10.6. The van der Waals surface area contributed by atoms with Crippen LogP contribution < -0.4 is 4.74 Å². The van der Waals surface area contributed by atoms with Crippen LogP contribution in [0.2, 0.25) is 0 Å². The van der Waals surface area contributed by atoms with E-state index in [-0.39, 0.29) is 18.2 Å². The van der Waals surface area contributed by atoms with Gasteiger partial charge in [0.2, 0.25) is 0 Å². The van der Waals surface area contributed by atoms with E-state index < -0.39 is 0 Å². The first-order chi connectivity index (χ1) is 12.2. The van der Waals surface area contributed by atoms with E-state index in [1.807, 2.05) is 30.3 Å². The van der Waals surface area contributed by atoms with Gasteiger partial charge in [-0.1, -0.05) is 24.3 Å². The minimum atomic E-state index is -0.382. The van der Waals surface area contributed by atoms with Gasteiger partial charge in [0.1, 0.15) is 11.9 Å². The smallest absolute Gasteiger partial charge is 0.119 e. The molecule has 1 N–H and O–H groups in total. The fraction of sp³-hybridized carbons (Fsp3) is 0.381. The molecular formula is C21H22N2O2. The van der Waals surface area contributed by atoms with Crippen LogP contribution in [0, 0.1) is 11.3 Å². The summed E-state index contributed by atoms with van der Waals surface area (Å²) in [5, 5.41) is 19.5. The Hall–Kier alpha value is -2.35. The highest BCUT2D eigenvalue weighted by Crippen LogP contribution is 2.35. The Morgan fingerprint density at radius 2 is 1.76 bits per heavy atom. The lowest BCUT2D eigenvalue weighted by molar-refractivity contribution is 0.0215. The molecule has 1 aliphatic carbocycles. The van der Waals surface area contributed by atoms with Crippen LogP contribution in [0.25, 0.3) is 0 Å². The van der Waals surface area contributed by atoms with E-state index >= 15 is 0 Å². The fourth-order valence-electron chi connectivity index (χ4n) is 4.01. The van der Waals surface area contributed by atoms with E-state index in [1.165, 1.54) is 5.56 Å². The van der Waals surface area contributed by atoms with Crippen LogP contribution in [0.5, 0.6) is 5.75 Å². The highest BCUT2D eigenvalue weighted by molar-refractivity contribution is 5.36. The minimum absolute atomic E-state index is 0.188. The first kappa shape index (κ1) is 16.1. The summed E-state index contributed by atoms with van der Waals surface area (Å²) in [7, 11) is 0. The van der Waals surface area contributed by atoms with E-state index in [2.05, 4.69) is 17.0 Å². The van der Waals surface area contributed by atoms with Crippen LogP contribution in [0.15, 0.2) is 48.5 Å². The summed E-state index contributed by atoms with van der Waals surface area (Å²) in [4.78, 5) is 2.41. The monoisotopic (exact) mass is 334 g/mol. The molecule has 0 bridgehead atoms. The van der Waals surface area contributed by atoms with Gasteiger partial charge in [0.15, 0.2) is 0 Å². The van der Waals surface area contributed by atoms with E-state index in [4.69, 9.17) is 10.00 Å². The lowest BCUT2D eigenvalue weighted by atomic mass is 10.0. The van der Waals surface area contributed by atoms with E-state index in [1.54, 1.807) is 12.1 Å². The molecule has 4 rings (SSSR count). The predicted octanol–water partition coefficient (Wildman–Crippen LogP) is 3.06. The van der Waals surface area contributed by atoms with Crippen molar-refractivity contribution in [3.8, 4) is 11.8 Å². The number of nitrogens with zero attached hydrogens (tertiary/aromatic N) is 2. The second-order valence-electron chi connectivity index (χ2n) is 6.90. The third-order valence-electron chi connectivity index (χ3n) is 5.40. The van der Waals surface area contributed by atoms with E-state index in [0.717, 1.165) is 43.7 Å². The van der Waals surface area contributed by atoms with Crippen molar-refractivity contribution >= 4 is 0 Å².